The molecule has 0 aliphatic carbocycles. The van der Waals surface area contributed by atoms with Crippen molar-refractivity contribution in [1.82, 2.24) is 9.29 Å². The van der Waals surface area contributed by atoms with Crippen LogP contribution in [0.5, 0.6) is 5.75 Å². The van der Waals surface area contributed by atoms with Gasteiger partial charge >= 0.3 is 0 Å². The third kappa shape index (κ3) is 6.01. The minimum atomic E-state index is -3.65. The molecule has 1 amide bonds. The summed E-state index contributed by atoms with van der Waals surface area (Å²) < 4.78 is 32.9. The van der Waals surface area contributed by atoms with Crippen LogP contribution >= 0.6 is 11.8 Å². The lowest BCUT2D eigenvalue weighted by Crippen LogP contribution is -2.31. The Morgan fingerprint density at radius 3 is 2.42 bits per heavy atom. The van der Waals surface area contributed by atoms with Gasteiger partial charge in [0.2, 0.25) is 15.9 Å². The van der Waals surface area contributed by atoms with Gasteiger partial charge in [-0.15, -0.1) is 0 Å². The number of methoxy groups -OCH3 is 1. The summed E-state index contributed by atoms with van der Waals surface area (Å²) >= 11 is 1.32. The van der Waals surface area contributed by atoms with Gasteiger partial charge in [0.25, 0.3) is 0 Å². The first-order chi connectivity index (χ1) is 18.3. The fraction of sp³-hybridized carbons (Fsp3) is 0.241. The minimum absolute atomic E-state index is 0.114. The molecule has 0 unspecified atom stereocenters. The van der Waals surface area contributed by atoms with E-state index in [9.17, 15) is 13.2 Å². The van der Waals surface area contributed by atoms with Crippen LogP contribution in [-0.2, 0) is 14.8 Å². The first kappa shape index (κ1) is 27.6. The van der Waals surface area contributed by atoms with Crippen LogP contribution in [0.25, 0.3) is 22.0 Å². The highest BCUT2D eigenvalue weighted by atomic mass is 32.2. The van der Waals surface area contributed by atoms with Crippen LogP contribution in [0.3, 0.4) is 0 Å². The van der Waals surface area contributed by atoms with Gasteiger partial charge in [-0.1, -0.05) is 62.0 Å². The fourth-order valence-corrected chi connectivity index (χ4v) is 6.66. The lowest BCUT2D eigenvalue weighted by Gasteiger charge is -2.20. The molecule has 3 aromatic carbocycles. The molecule has 0 saturated heterocycles. The number of rotatable bonds is 10. The van der Waals surface area contributed by atoms with Crippen LogP contribution in [-0.4, -0.2) is 49.6 Å². The summed E-state index contributed by atoms with van der Waals surface area (Å²) in [6.45, 7) is 6.11. The van der Waals surface area contributed by atoms with Crippen molar-refractivity contribution in [2.45, 2.75) is 30.7 Å². The van der Waals surface area contributed by atoms with E-state index in [0.29, 0.717) is 35.1 Å². The number of amides is 1. The molecule has 38 heavy (non-hydrogen) atoms. The maximum absolute atomic E-state index is 13.1. The highest BCUT2D eigenvalue weighted by molar-refractivity contribution is 7.99. The maximum Gasteiger partial charge on any atom is 0.243 e. The molecule has 4 rings (SSSR count). The average molecular weight is 550 g/mol. The summed E-state index contributed by atoms with van der Waals surface area (Å²) in [7, 11) is -2.03. The van der Waals surface area contributed by atoms with Crippen molar-refractivity contribution in [3.05, 3.63) is 78.4 Å². The molecular weight excluding hydrogens is 518 g/mol. The third-order valence-electron chi connectivity index (χ3n) is 6.22. The molecule has 4 aromatic rings. The zero-order valence-corrected chi connectivity index (χ0v) is 23.5. The Balaban J connectivity index is 1.56. The minimum Gasteiger partial charge on any atom is -0.497 e. The molecule has 0 spiro atoms. The van der Waals surface area contributed by atoms with Crippen LogP contribution in [0, 0.1) is 6.92 Å². The van der Waals surface area contributed by atoms with Crippen molar-refractivity contribution in [3.63, 3.8) is 0 Å². The Labute approximate surface area is 228 Å². The largest absolute Gasteiger partial charge is 0.497 e. The maximum atomic E-state index is 13.1. The predicted octanol–water partition coefficient (Wildman–Crippen LogP) is 5.98. The lowest BCUT2D eigenvalue weighted by atomic mass is 10.0. The van der Waals surface area contributed by atoms with Crippen LogP contribution in [0.1, 0.15) is 19.4 Å². The summed E-state index contributed by atoms with van der Waals surface area (Å²) in [6, 6.07) is 22.8. The van der Waals surface area contributed by atoms with Gasteiger partial charge in [-0.05, 0) is 53.9 Å². The number of aryl methyl sites for hydroxylation is 1. The summed E-state index contributed by atoms with van der Waals surface area (Å²) in [4.78, 5) is 17.8. The highest BCUT2D eigenvalue weighted by Crippen LogP contribution is 2.33. The number of carbonyl (C=O) groups is 1. The number of hydrogen-bond donors (Lipinski definition) is 1. The van der Waals surface area contributed by atoms with E-state index in [-0.39, 0.29) is 16.6 Å². The smallest absolute Gasteiger partial charge is 0.243 e. The number of thioether (sulfide) groups is 1. The molecule has 198 valence electrons. The van der Waals surface area contributed by atoms with Crippen molar-refractivity contribution in [1.29, 1.82) is 0 Å². The Kier molecular flexibility index (Phi) is 8.71. The predicted molar refractivity (Wildman–Crippen MR) is 154 cm³/mol. The number of aromatic nitrogens is 1. The van der Waals surface area contributed by atoms with E-state index in [1.807, 2.05) is 54.6 Å². The second-order valence-corrected chi connectivity index (χ2v) is 11.6. The molecule has 1 N–H and O–H groups in total. The SMILES string of the molecule is CCN(CC)S(=O)(=O)c1cc(NC(=O)CSc2cc(-c3ccccc3)c3ccc(OC)cc3n2)ccc1C. The van der Waals surface area contributed by atoms with Crippen molar-refractivity contribution in [2.24, 2.45) is 0 Å². The Morgan fingerprint density at radius 1 is 1.00 bits per heavy atom. The third-order valence-corrected chi connectivity index (χ3v) is 9.33. The molecular formula is C29H31N3O4S2. The summed E-state index contributed by atoms with van der Waals surface area (Å²) in [6.07, 6.45) is 0. The van der Waals surface area contributed by atoms with Crippen LogP contribution in [0.15, 0.2) is 82.7 Å². The fourth-order valence-electron chi connectivity index (χ4n) is 4.24. The molecule has 0 atom stereocenters. The molecule has 0 aliphatic heterocycles. The van der Waals surface area contributed by atoms with E-state index in [2.05, 4.69) is 5.32 Å². The molecule has 0 radical (unpaired) electrons. The van der Waals surface area contributed by atoms with Gasteiger partial charge in [0.1, 0.15) is 5.75 Å². The number of hydrogen-bond acceptors (Lipinski definition) is 6. The van der Waals surface area contributed by atoms with E-state index < -0.39 is 10.0 Å². The van der Waals surface area contributed by atoms with Gasteiger partial charge in [-0.2, -0.15) is 4.31 Å². The molecule has 0 fully saturated rings. The number of anilines is 1. The summed E-state index contributed by atoms with van der Waals surface area (Å²) in [5.41, 5.74) is 3.92. The first-order valence-corrected chi connectivity index (χ1v) is 14.8. The molecule has 0 saturated carbocycles. The van der Waals surface area contributed by atoms with Crippen molar-refractivity contribution in [2.75, 3.05) is 31.3 Å². The second-order valence-electron chi connectivity index (χ2n) is 8.66. The van der Waals surface area contributed by atoms with Crippen LogP contribution in [0.4, 0.5) is 5.69 Å². The molecule has 1 aromatic heterocycles. The number of pyridine rings is 1. The van der Waals surface area contributed by atoms with Crippen molar-refractivity contribution >= 4 is 44.3 Å². The number of benzene rings is 3. The van der Waals surface area contributed by atoms with Gasteiger partial charge in [0.05, 0.1) is 28.3 Å². The summed E-state index contributed by atoms with van der Waals surface area (Å²) in [5, 5.41) is 4.53. The Hall–Kier alpha value is -3.40. The summed E-state index contributed by atoms with van der Waals surface area (Å²) in [5.74, 6) is 0.570. The lowest BCUT2D eigenvalue weighted by molar-refractivity contribution is -0.113. The van der Waals surface area contributed by atoms with Gasteiger partial charge in [0, 0.05) is 30.2 Å². The number of nitrogens with one attached hydrogen (secondary N) is 1. The molecule has 0 bridgehead atoms. The standard InChI is InChI=1S/C29H31N3O4S2/c1-5-32(6-2)38(34,35)27-16-22(13-12-20(27)3)30-28(33)19-37-29-18-25(21-10-8-7-9-11-21)24-15-14-23(36-4)17-26(24)31-29/h7-18H,5-6,19H2,1-4H3,(H,30,33). The first-order valence-electron chi connectivity index (χ1n) is 12.3. The van der Waals surface area contributed by atoms with E-state index in [1.165, 1.54) is 22.1 Å². The molecule has 7 nitrogen and oxygen atoms in total. The zero-order valence-electron chi connectivity index (χ0n) is 21.9. The topological polar surface area (TPSA) is 88.6 Å². The van der Waals surface area contributed by atoms with E-state index in [0.717, 1.165) is 22.0 Å². The Morgan fingerprint density at radius 2 is 1.74 bits per heavy atom. The number of ether oxygens (including phenoxy) is 1. The van der Waals surface area contributed by atoms with E-state index in [1.54, 1.807) is 40.0 Å². The van der Waals surface area contributed by atoms with Gasteiger partial charge in [0.15, 0.2) is 0 Å². The van der Waals surface area contributed by atoms with Crippen LogP contribution < -0.4 is 10.1 Å². The quantitative estimate of drug-likeness (QED) is 0.245. The monoisotopic (exact) mass is 549 g/mol. The number of carbonyl (C=O) groups excluding carboxylic acids is 1. The normalized spacial score (nSPS) is 11.6. The van der Waals surface area contributed by atoms with E-state index in [4.69, 9.17) is 9.72 Å². The molecule has 9 heteroatoms. The number of sulfonamides is 1. The van der Waals surface area contributed by atoms with Gasteiger partial charge in [-0.25, -0.2) is 13.4 Å². The van der Waals surface area contributed by atoms with Crippen molar-refractivity contribution < 1.29 is 17.9 Å². The second kappa shape index (κ2) is 12.0. The highest BCUT2D eigenvalue weighted by Gasteiger charge is 2.24. The van der Waals surface area contributed by atoms with E-state index >= 15 is 0 Å². The molecule has 1 heterocycles. The van der Waals surface area contributed by atoms with Gasteiger partial charge in [-0.3, -0.25) is 4.79 Å². The van der Waals surface area contributed by atoms with Gasteiger partial charge < -0.3 is 10.1 Å². The number of nitrogens with zero attached hydrogens (tertiary/aromatic N) is 2. The van der Waals surface area contributed by atoms with Crippen molar-refractivity contribution in [3.8, 4) is 16.9 Å². The number of fused-ring (bicyclic) bond motifs is 1. The van der Waals surface area contributed by atoms with Crippen LogP contribution in [0.2, 0.25) is 0 Å². The Bertz CT molecular complexity index is 1550. The zero-order chi connectivity index (χ0) is 27.3. The molecule has 0 aliphatic rings. The average Bonchev–Trinajstić information content (AvgIpc) is 2.93.